The standard InChI is InChI=1S/C22H26FN3O/c23-19-6-4-5-18(17-19)22(27)26-11-9-21(10-12-26)25-15-13-24(14-16-25)20-7-2-1-3-8-20/h1-8,17,21H,9-16H2/p+1. The van der Waals surface area contributed by atoms with Crippen LogP contribution in [0.3, 0.4) is 0 Å². The zero-order valence-corrected chi connectivity index (χ0v) is 15.6. The van der Waals surface area contributed by atoms with Crippen LogP contribution in [0.1, 0.15) is 23.2 Å². The molecule has 1 N–H and O–H groups in total. The molecule has 2 aromatic carbocycles. The zero-order valence-electron chi connectivity index (χ0n) is 15.6. The Morgan fingerprint density at radius 3 is 2.30 bits per heavy atom. The van der Waals surface area contributed by atoms with Crippen LogP contribution in [0, 0.1) is 5.82 Å². The Balaban J connectivity index is 1.28. The Kier molecular flexibility index (Phi) is 5.39. The predicted octanol–water partition coefficient (Wildman–Crippen LogP) is 1.84. The van der Waals surface area contributed by atoms with Crippen molar-refractivity contribution < 1.29 is 14.1 Å². The molecule has 4 rings (SSSR count). The number of para-hydroxylation sites is 1. The van der Waals surface area contributed by atoms with Gasteiger partial charge in [-0.2, -0.15) is 0 Å². The van der Waals surface area contributed by atoms with E-state index in [-0.39, 0.29) is 11.7 Å². The van der Waals surface area contributed by atoms with Crippen LogP contribution in [-0.2, 0) is 0 Å². The van der Waals surface area contributed by atoms with E-state index in [9.17, 15) is 9.18 Å². The predicted molar refractivity (Wildman–Crippen MR) is 105 cm³/mol. The lowest BCUT2D eigenvalue weighted by Crippen LogP contribution is -3.18. The molecule has 0 radical (unpaired) electrons. The van der Waals surface area contributed by atoms with Crippen molar-refractivity contribution in [1.29, 1.82) is 0 Å². The maximum Gasteiger partial charge on any atom is 0.253 e. The molecule has 27 heavy (non-hydrogen) atoms. The van der Waals surface area contributed by atoms with Crippen LogP contribution in [0.15, 0.2) is 54.6 Å². The van der Waals surface area contributed by atoms with E-state index in [1.54, 1.807) is 17.0 Å². The fourth-order valence-corrected chi connectivity index (χ4v) is 4.39. The van der Waals surface area contributed by atoms with Crippen LogP contribution in [0.25, 0.3) is 0 Å². The van der Waals surface area contributed by atoms with E-state index in [4.69, 9.17) is 0 Å². The quantitative estimate of drug-likeness (QED) is 0.895. The van der Waals surface area contributed by atoms with E-state index < -0.39 is 0 Å². The van der Waals surface area contributed by atoms with Crippen molar-refractivity contribution in [2.45, 2.75) is 18.9 Å². The van der Waals surface area contributed by atoms with Crippen molar-refractivity contribution in [2.75, 3.05) is 44.2 Å². The van der Waals surface area contributed by atoms with Gasteiger partial charge in [-0.3, -0.25) is 4.79 Å². The molecule has 2 aliphatic rings. The molecule has 0 saturated carbocycles. The zero-order chi connectivity index (χ0) is 18.6. The summed E-state index contributed by atoms with van der Waals surface area (Å²) < 4.78 is 13.4. The number of benzene rings is 2. The molecule has 0 bridgehead atoms. The second-order valence-corrected chi connectivity index (χ2v) is 7.56. The van der Waals surface area contributed by atoms with Crippen molar-refractivity contribution in [2.24, 2.45) is 0 Å². The van der Waals surface area contributed by atoms with Crippen LogP contribution >= 0.6 is 0 Å². The molecule has 0 aromatic heterocycles. The number of amides is 1. The molecule has 5 heteroatoms. The van der Waals surface area contributed by atoms with Crippen molar-refractivity contribution in [3.05, 3.63) is 66.0 Å². The molecule has 1 amide bonds. The summed E-state index contributed by atoms with van der Waals surface area (Å²) in [6.45, 7) is 6.01. The normalized spacial score (nSPS) is 19.3. The summed E-state index contributed by atoms with van der Waals surface area (Å²) in [5.41, 5.74) is 1.77. The molecule has 2 saturated heterocycles. The number of nitrogens with zero attached hydrogens (tertiary/aromatic N) is 2. The lowest BCUT2D eigenvalue weighted by atomic mass is 10.0. The van der Waals surface area contributed by atoms with Crippen LogP contribution in [0.2, 0.25) is 0 Å². The number of hydrogen-bond donors (Lipinski definition) is 1. The van der Waals surface area contributed by atoms with Gasteiger partial charge in [0.2, 0.25) is 0 Å². The Morgan fingerprint density at radius 2 is 1.63 bits per heavy atom. The molecule has 2 aliphatic heterocycles. The topological polar surface area (TPSA) is 28.0 Å². The van der Waals surface area contributed by atoms with Gasteiger partial charge in [0.25, 0.3) is 5.91 Å². The van der Waals surface area contributed by atoms with E-state index in [0.717, 1.165) is 52.1 Å². The third kappa shape index (κ3) is 4.14. The highest BCUT2D eigenvalue weighted by Crippen LogP contribution is 2.15. The van der Waals surface area contributed by atoms with Gasteiger partial charge in [0.15, 0.2) is 0 Å². The number of carbonyl (C=O) groups excluding carboxylic acids is 1. The molecule has 0 spiro atoms. The summed E-state index contributed by atoms with van der Waals surface area (Å²) in [6, 6.07) is 17.3. The van der Waals surface area contributed by atoms with Crippen LogP contribution in [0.5, 0.6) is 0 Å². The monoisotopic (exact) mass is 368 g/mol. The molecule has 2 heterocycles. The van der Waals surface area contributed by atoms with Crippen LogP contribution in [-0.4, -0.2) is 56.1 Å². The first-order valence-corrected chi connectivity index (χ1v) is 9.90. The van der Waals surface area contributed by atoms with E-state index >= 15 is 0 Å². The van der Waals surface area contributed by atoms with E-state index in [0.29, 0.717) is 11.6 Å². The molecule has 0 aliphatic carbocycles. The average molecular weight is 368 g/mol. The number of rotatable bonds is 3. The summed E-state index contributed by atoms with van der Waals surface area (Å²) in [6.07, 6.45) is 2.06. The third-order valence-electron chi connectivity index (χ3n) is 5.96. The maximum absolute atomic E-state index is 13.4. The first kappa shape index (κ1) is 18.0. The first-order valence-electron chi connectivity index (χ1n) is 9.90. The van der Waals surface area contributed by atoms with E-state index in [2.05, 4.69) is 35.2 Å². The Hall–Kier alpha value is -2.40. The summed E-state index contributed by atoms with van der Waals surface area (Å²) >= 11 is 0. The van der Waals surface area contributed by atoms with Gasteiger partial charge in [0, 0.05) is 37.2 Å². The fraction of sp³-hybridized carbons (Fsp3) is 0.409. The number of nitrogens with one attached hydrogen (secondary N) is 1. The Morgan fingerprint density at radius 1 is 0.926 bits per heavy atom. The number of carbonyl (C=O) groups is 1. The number of piperazine rings is 1. The van der Waals surface area contributed by atoms with E-state index in [1.807, 2.05) is 4.90 Å². The largest absolute Gasteiger partial charge is 0.360 e. The lowest BCUT2D eigenvalue weighted by molar-refractivity contribution is -0.927. The summed E-state index contributed by atoms with van der Waals surface area (Å²) in [4.78, 5) is 18.6. The van der Waals surface area contributed by atoms with Gasteiger partial charge in [-0.1, -0.05) is 24.3 Å². The van der Waals surface area contributed by atoms with Crippen LogP contribution < -0.4 is 9.80 Å². The van der Waals surface area contributed by atoms with E-state index in [1.165, 1.54) is 17.8 Å². The number of halogens is 1. The van der Waals surface area contributed by atoms with Gasteiger partial charge in [0.1, 0.15) is 5.82 Å². The molecular formula is C22H27FN3O+. The second kappa shape index (κ2) is 8.09. The molecule has 2 aromatic rings. The third-order valence-corrected chi connectivity index (χ3v) is 5.96. The Labute approximate surface area is 160 Å². The minimum atomic E-state index is -0.350. The maximum atomic E-state index is 13.4. The molecule has 0 atom stereocenters. The number of piperidine rings is 1. The number of hydrogen-bond acceptors (Lipinski definition) is 2. The van der Waals surface area contributed by atoms with Crippen molar-refractivity contribution in [3.63, 3.8) is 0 Å². The molecule has 0 unspecified atom stereocenters. The summed E-state index contributed by atoms with van der Waals surface area (Å²) in [7, 11) is 0. The van der Waals surface area contributed by atoms with Gasteiger partial charge in [-0.25, -0.2) is 4.39 Å². The minimum absolute atomic E-state index is 0.0446. The molecule has 142 valence electrons. The SMILES string of the molecule is O=C(c1cccc(F)c1)N1CCC([NH+]2CCN(c3ccccc3)CC2)CC1. The highest BCUT2D eigenvalue weighted by molar-refractivity contribution is 5.94. The van der Waals surface area contributed by atoms with Crippen molar-refractivity contribution in [3.8, 4) is 0 Å². The Bertz CT molecular complexity index is 766. The molecule has 4 nitrogen and oxygen atoms in total. The van der Waals surface area contributed by atoms with Gasteiger partial charge in [0.05, 0.1) is 32.2 Å². The summed E-state index contributed by atoms with van der Waals surface area (Å²) in [5.74, 6) is -0.395. The summed E-state index contributed by atoms with van der Waals surface area (Å²) in [5, 5.41) is 0. The van der Waals surface area contributed by atoms with Crippen molar-refractivity contribution in [1.82, 2.24) is 4.90 Å². The highest BCUT2D eigenvalue weighted by atomic mass is 19.1. The number of quaternary nitrogens is 1. The second-order valence-electron chi connectivity index (χ2n) is 7.56. The van der Waals surface area contributed by atoms with Gasteiger partial charge >= 0.3 is 0 Å². The van der Waals surface area contributed by atoms with Gasteiger partial charge in [-0.15, -0.1) is 0 Å². The van der Waals surface area contributed by atoms with Crippen LogP contribution in [0.4, 0.5) is 10.1 Å². The first-order chi connectivity index (χ1) is 13.2. The van der Waals surface area contributed by atoms with Gasteiger partial charge < -0.3 is 14.7 Å². The molecule has 2 fully saturated rings. The number of anilines is 1. The average Bonchev–Trinajstić information content (AvgIpc) is 2.74. The smallest absolute Gasteiger partial charge is 0.253 e. The minimum Gasteiger partial charge on any atom is -0.360 e. The number of likely N-dealkylation sites (tertiary alicyclic amines) is 1. The fourth-order valence-electron chi connectivity index (χ4n) is 4.39. The lowest BCUT2D eigenvalue weighted by Gasteiger charge is -2.41. The van der Waals surface area contributed by atoms with Gasteiger partial charge in [-0.05, 0) is 30.3 Å². The van der Waals surface area contributed by atoms with Crippen molar-refractivity contribution >= 4 is 11.6 Å². The highest BCUT2D eigenvalue weighted by Gasteiger charge is 2.32. The molecular weight excluding hydrogens is 341 g/mol.